The van der Waals surface area contributed by atoms with E-state index in [0.29, 0.717) is 59.1 Å². The molecule has 0 spiro atoms. The lowest BCUT2D eigenvalue weighted by Crippen LogP contribution is -2.50. The first-order valence-corrected chi connectivity index (χ1v) is 22.1. The Bertz CT molecular complexity index is 1360. The van der Waals surface area contributed by atoms with E-state index >= 15 is 0 Å². The Balaban J connectivity index is 2.46. The second-order valence-electron chi connectivity index (χ2n) is 13.9. The molecule has 0 aromatic heterocycles. The lowest BCUT2D eigenvalue weighted by Gasteiger charge is -2.38. The fourth-order valence-corrected chi connectivity index (χ4v) is 7.95. The van der Waals surface area contributed by atoms with Gasteiger partial charge in [-0.05, 0) is 38.2 Å². The average Bonchev–Trinajstić information content (AvgIpc) is 3.18. The molecule has 0 amide bonds. The first-order chi connectivity index (χ1) is 27.6. The van der Waals surface area contributed by atoms with Crippen molar-refractivity contribution in [3.8, 4) is 12.5 Å². The summed E-state index contributed by atoms with van der Waals surface area (Å²) in [6.07, 6.45) is 12.4. The lowest BCUT2D eigenvalue weighted by molar-refractivity contribution is -0.147. The number of nitrogens with zero attached hydrogens (tertiary/aromatic N) is 4. The topological polar surface area (TPSA) is 154 Å². The molecular formula is C41H67N4O11P. The van der Waals surface area contributed by atoms with Crippen molar-refractivity contribution in [2.24, 2.45) is 0 Å². The fourth-order valence-electron chi connectivity index (χ4n) is 6.03. The highest BCUT2D eigenvalue weighted by molar-refractivity contribution is 7.54. The van der Waals surface area contributed by atoms with Crippen molar-refractivity contribution in [1.82, 2.24) is 19.6 Å². The maximum Gasteiger partial charge on any atom is 0.404 e. The molecule has 1 heterocycles. The molecule has 0 bridgehead atoms. The molecule has 1 saturated heterocycles. The Hall–Kier alpha value is -3.51. The van der Waals surface area contributed by atoms with Crippen LogP contribution in [0.15, 0.2) is 30.3 Å². The number of carbonyl (C=O) groups excluding carboxylic acids is 4. The molecule has 16 heteroatoms. The zero-order valence-corrected chi connectivity index (χ0v) is 35.6. The first-order valence-electron chi connectivity index (χ1n) is 20.5. The van der Waals surface area contributed by atoms with Crippen LogP contribution in [0.2, 0.25) is 0 Å². The molecule has 1 aliphatic heterocycles. The number of hydrogen-bond acceptors (Lipinski definition) is 15. The highest BCUT2D eigenvalue weighted by Gasteiger charge is 2.42. The van der Waals surface area contributed by atoms with Crippen molar-refractivity contribution in [3.63, 3.8) is 0 Å². The predicted octanol–water partition coefficient (Wildman–Crippen LogP) is 4.92. The Morgan fingerprint density at radius 1 is 0.667 bits per heavy atom. The van der Waals surface area contributed by atoms with E-state index in [1.807, 2.05) is 70.7 Å². The smallest absolute Gasteiger partial charge is 0.404 e. The summed E-state index contributed by atoms with van der Waals surface area (Å²) in [6.45, 7) is 11.6. The van der Waals surface area contributed by atoms with Gasteiger partial charge in [0.2, 0.25) is 0 Å². The quantitative estimate of drug-likeness (QED) is 0.0431. The number of unbranched alkanes of at least 4 members (excludes halogenated alkanes) is 3. The Kier molecular flexibility index (Phi) is 25.8. The summed E-state index contributed by atoms with van der Waals surface area (Å²) in [7, 11) is -4.08. The fraction of sp³-hybridized carbons (Fsp3) is 0.707. The van der Waals surface area contributed by atoms with Crippen LogP contribution in [0.3, 0.4) is 0 Å². The molecule has 2 rings (SSSR count). The molecule has 1 aromatic carbocycles. The highest BCUT2D eigenvalue weighted by atomic mass is 31.2. The zero-order chi connectivity index (χ0) is 41.7. The summed E-state index contributed by atoms with van der Waals surface area (Å²) in [5.41, 5.74) is 0.828. The molecule has 0 saturated carbocycles. The van der Waals surface area contributed by atoms with Crippen LogP contribution in [0, 0.1) is 12.5 Å². The number of carbonyl (C=O) groups is 4. The maximum atomic E-state index is 14.5. The van der Waals surface area contributed by atoms with Gasteiger partial charge in [0.15, 0.2) is 0 Å². The number of esters is 4. The van der Waals surface area contributed by atoms with E-state index in [0.717, 1.165) is 44.1 Å². The number of terminal acetylenes is 1. The van der Waals surface area contributed by atoms with Crippen LogP contribution in [0.4, 0.5) is 0 Å². The third-order valence-corrected chi connectivity index (χ3v) is 11.6. The molecule has 1 aromatic rings. The van der Waals surface area contributed by atoms with Crippen LogP contribution >= 0.6 is 7.60 Å². The van der Waals surface area contributed by atoms with Crippen molar-refractivity contribution in [1.29, 1.82) is 0 Å². The number of hydrogen-bond donors (Lipinski definition) is 0. The van der Waals surface area contributed by atoms with Crippen LogP contribution in [-0.4, -0.2) is 148 Å². The van der Waals surface area contributed by atoms with Crippen molar-refractivity contribution < 1.29 is 51.7 Å². The van der Waals surface area contributed by atoms with Gasteiger partial charge < -0.3 is 23.5 Å². The van der Waals surface area contributed by atoms with E-state index in [9.17, 15) is 23.7 Å². The van der Waals surface area contributed by atoms with Gasteiger partial charge in [0.05, 0.1) is 46.1 Å². The van der Waals surface area contributed by atoms with Gasteiger partial charge in [-0.1, -0.05) is 76.8 Å². The van der Waals surface area contributed by atoms with Gasteiger partial charge in [-0.3, -0.25) is 43.3 Å². The van der Waals surface area contributed by atoms with Gasteiger partial charge >= 0.3 is 31.5 Å². The molecule has 15 nitrogen and oxygen atoms in total. The van der Waals surface area contributed by atoms with Gasteiger partial charge in [-0.25, -0.2) is 4.57 Å². The summed E-state index contributed by atoms with van der Waals surface area (Å²) in [5, 5.41) is 0. The van der Waals surface area contributed by atoms with Crippen LogP contribution in [0.1, 0.15) is 84.6 Å². The molecule has 57 heavy (non-hydrogen) atoms. The largest absolute Gasteiger partial charge is 0.465 e. The van der Waals surface area contributed by atoms with Crippen LogP contribution in [0.5, 0.6) is 0 Å². The molecule has 2 unspecified atom stereocenters. The van der Waals surface area contributed by atoms with Gasteiger partial charge in [0.1, 0.15) is 18.5 Å². The van der Waals surface area contributed by atoms with E-state index in [4.69, 9.17) is 34.4 Å². The maximum absolute atomic E-state index is 14.5. The van der Waals surface area contributed by atoms with Crippen molar-refractivity contribution >= 4 is 31.5 Å². The van der Waals surface area contributed by atoms with Gasteiger partial charge in [0, 0.05) is 58.8 Å². The van der Waals surface area contributed by atoms with Crippen LogP contribution in [0.25, 0.3) is 0 Å². The third-order valence-electron chi connectivity index (χ3n) is 9.34. The molecule has 2 atom stereocenters. The summed E-state index contributed by atoms with van der Waals surface area (Å²) in [5.74, 6) is -2.58. The Morgan fingerprint density at radius 2 is 1.11 bits per heavy atom. The molecule has 0 aliphatic carbocycles. The van der Waals surface area contributed by atoms with Crippen molar-refractivity contribution in [2.45, 2.75) is 91.5 Å². The number of benzene rings is 1. The number of rotatable bonds is 25. The second-order valence-corrected chi connectivity index (χ2v) is 16.0. The second kappa shape index (κ2) is 29.7. The lowest BCUT2D eigenvalue weighted by atomic mass is 10.2. The van der Waals surface area contributed by atoms with Gasteiger partial charge in [-0.2, -0.15) is 0 Å². The monoisotopic (exact) mass is 822 g/mol. The summed E-state index contributed by atoms with van der Waals surface area (Å²) in [6, 6.07) is 9.29. The highest BCUT2D eigenvalue weighted by Crippen LogP contribution is 2.55. The number of ether oxygens (including phenoxy) is 4. The van der Waals surface area contributed by atoms with E-state index in [1.165, 1.54) is 0 Å². The molecule has 0 radical (unpaired) electrons. The van der Waals surface area contributed by atoms with Crippen molar-refractivity contribution in [2.75, 3.05) is 98.4 Å². The SMILES string of the molecule is C#COP(=O)(OCC)C(CCC(=O)OCc1ccccc1)N1CCN(CC(=O)OCCCC)CCN(CC(=O)OCCCC)CCN(CC(=O)OCCCC)CC1. The normalized spacial score (nSPS) is 16.8. The summed E-state index contributed by atoms with van der Waals surface area (Å²) >= 11 is 0. The molecule has 1 fully saturated rings. The van der Waals surface area contributed by atoms with E-state index < -0.39 is 19.3 Å². The van der Waals surface area contributed by atoms with Gasteiger partial charge in [0.25, 0.3) is 0 Å². The third kappa shape index (κ3) is 21.2. The predicted molar refractivity (Wildman–Crippen MR) is 217 cm³/mol. The Morgan fingerprint density at radius 3 is 1.51 bits per heavy atom. The van der Waals surface area contributed by atoms with Gasteiger partial charge in [-0.15, -0.1) is 0 Å². The minimum Gasteiger partial charge on any atom is -0.465 e. The summed E-state index contributed by atoms with van der Waals surface area (Å²) < 4.78 is 47.8. The molecule has 322 valence electrons. The molecular weight excluding hydrogens is 755 g/mol. The van der Waals surface area contributed by atoms with Crippen molar-refractivity contribution in [3.05, 3.63) is 35.9 Å². The molecule has 0 N–H and O–H groups in total. The van der Waals surface area contributed by atoms with E-state index in [-0.39, 0.29) is 76.7 Å². The van der Waals surface area contributed by atoms with E-state index in [1.54, 1.807) is 6.92 Å². The van der Waals surface area contributed by atoms with Crippen LogP contribution in [-0.2, 0) is 58.3 Å². The van der Waals surface area contributed by atoms with E-state index in [2.05, 4.69) is 6.11 Å². The molecule has 1 aliphatic rings. The Labute approximate surface area is 340 Å². The first kappa shape index (κ1) is 49.6. The minimum atomic E-state index is -4.08. The summed E-state index contributed by atoms with van der Waals surface area (Å²) in [4.78, 5) is 59.7. The average molecular weight is 823 g/mol. The standard InChI is InChI=1S/C41H67N4O11P/c1-6-11-29-51-39(47)32-42-21-23-43(33-40(48)52-30-12-7-2)25-27-45(28-26-44(24-22-42)34-41(49)53-31-13-8-3)37(57(50,55-9-4)56-10-5)19-20-38(46)54-35-36-17-15-14-16-18-36/h4,14-18,37H,6-8,10-13,19-35H2,1-3,5H3. The minimum absolute atomic E-state index is 0.0114. The zero-order valence-electron chi connectivity index (χ0n) is 34.7. The van der Waals surface area contributed by atoms with Crippen LogP contribution < -0.4 is 0 Å².